The summed E-state index contributed by atoms with van der Waals surface area (Å²) in [4.78, 5) is 26.1. The summed E-state index contributed by atoms with van der Waals surface area (Å²) in [5, 5.41) is 16.1. The van der Waals surface area contributed by atoms with Crippen molar-refractivity contribution in [3.8, 4) is 17.0 Å². The number of carbonyl (C=O) groups is 2. The third-order valence-corrected chi connectivity index (χ3v) is 5.09. The second-order valence-electron chi connectivity index (χ2n) is 6.83. The Morgan fingerprint density at radius 1 is 1.34 bits per heavy atom. The maximum Gasteiger partial charge on any atom is 0.410 e. The summed E-state index contributed by atoms with van der Waals surface area (Å²) < 4.78 is 11.1. The van der Waals surface area contributed by atoms with Gasteiger partial charge in [-0.15, -0.1) is 11.3 Å². The number of carbonyl (C=O) groups excluding carboxylic acids is 1. The number of carboxylic acid groups (broad SMARTS) is 1. The number of aromatic nitrogens is 1. The predicted molar refractivity (Wildman–Crippen MR) is 113 cm³/mol. The topological polar surface area (TPSA) is 110 Å². The van der Waals surface area contributed by atoms with Gasteiger partial charge in [0.2, 0.25) is 6.41 Å². The Morgan fingerprint density at radius 3 is 2.79 bits per heavy atom. The largest absolute Gasteiger partial charge is 0.493 e. The van der Waals surface area contributed by atoms with E-state index in [1.807, 2.05) is 18.2 Å². The highest BCUT2D eigenvalue weighted by molar-refractivity contribution is 7.14. The molecule has 1 aromatic heterocycles. The van der Waals surface area contributed by atoms with E-state index in [0.717, 1.165) is 24.0 Å². The highest BCUT2D eigenvalue weighted by atomic mass is 32.1. The summed E-state index contributed by atoms with van der Waals surface area (Å²) in [6, 6.07) is 5.86. The molecule has 8 nitrogen and oxygen atoms in total. The molecule has 1 atom stereocenters. The molecule has 0 spiro atoms. The van der Waals surface area contributed by atoms with E-state index in [0.29, 0.717) is 36.2 Å². The minimum atomic E-state index is -1.15. The van der Waals surface area contributed by atoms with Crippen LogP contribution in [-0.2, 0) is 16.0 Å². The second kappa shape index (κ2) is 11.4. The molecule has 1 heterocycles. The predicted octanol–water partition coefficient (Wildman–Crippen LogP) is 3.63. The van der Waals surface area contributed by atoms with Crippen LogP contribution in [0, 0.1) is 5.92 Å². The maximum atomic E-state index is 10.9. The molecule has 0 aliphatic rings. The zero-order valence-corrected chi connectivity index (χ0v) is 17.6. The van der Waals surface area contributed by atoms with E-state index < -0.39 is 6.09 Å². The van der Waals surface area contributed by atoms with Crippen molar-refractivity contribution >= 4 is 29.0 Å². The van der Waals surface area contributed by atoms with Crippen molar-refractivity contribution in [1.82, 2.24) is 10.3 Å². The van der Waals surface area contributed by atoms with Crippen molar-refractivity contribution in [3.05, 3.63) is 29.1 Å². The Bertz CT molecular complexity index is 809. The van der Waals surface area contributed by atoms with E-state index in [-0.39, 0.29) is 12.0 Å². The number of thiazole rings is 1. The lowest BCUT2D eigenvalue weighted by Crippen LogP contribution is -2.34. The van der Waals surface area contributed by atoms with Crippen LogP contribution in [0.15, 0.2) is 23.6 Å². The van der Waals surface area contributed by atoms with Crippen molar-refractivity contribution < 1.29 is 24.2 Å². The maximum absolute atomic E-state index is 10.9. The summed E-state index contributed by atoms with van der Waals surface area (Å²) >= 11 is 1.21. The van der Waals surface area contributed by atoms with E-state index in [4.69, 9.17) is 14.6 Å². The van der Waals surface area contributed by atoms with Gasteiger partial charge in [-0.2, -0.15) is 0 Å². The van der Waals surface area contributed by atoms with E-state index in [1.54, 1.807) is 12.5 Å². The first kappa shape index (κ1) is 22.6. The van der Waals surface area contributed by atoms with E-state index in [1.165, 1.54) is 11.3 Å². The quantitative estimate of drug-likeness (QED) is 0.357. The smallest absolute Gasteiger partial charge is 0.410 e. The number of hydrogen-bond donors (Lipinski definition) is 3. The fourth-order valence-electron chi connectivity index (χ4n) is 2.78. The van der Waals surface area contributed by atoms with Crippen LogP contribution in [0.2, 0.25) is 0 Å². The van der Waals surface area contributed by atoms with E-state index in [2.05, 4.69) is 29.5 Å². The third-order valence-electron chi connectivity index (χ3n) is 4.33. The molecular formula is C20H27N3O5S. The molecule has 3 N–H and O–H groups in total. The minimum absolute atomic E-state index is 0.0188. The first-order chi connectivity index (χ1) is 13.9. The number of anilines is 1. The molecule has 0 aliphatic carbocycles. The Labute approximate surface area is 174 Å². The molecule has 2 aromatic rings. The van der Waals surface area contributed by atoms with Crippen LogP contribution in [0.3, 0.4) is 0 Å². The number of ether oxygens (including phenoxy) is 2. The Balaban J connectivity index is 2.27. The first-order valence-electron chi connectivity index (χ1n) is 9.34. The molecule has 0 bridgehead atoms. The van der Waals surface area contributed by atoms with Crippen LogP contribution in [0.4, 0.5) is 9.93 Å². The molecule has 29 heavy (non-hydrogen) atoms. The van der Waals surface area contributed by atoms with Gasteiger partial charge in [0.05, 0.1) is 12.3 Å². The van der Waals surface area contributed by atoms with Gasteiger partial charge in [-0.3, -0.25) is 10.1 Å². The van der Waals surface area contributed by atoms with Crippen molar-refractivity contribution in [1.29, 1.82) is 0 Å². The molecule has 0 aliphatic heterocycles. The van der Waals surface area contributed by atoms with Gasteiger partial charge in [-0.1, -0.05) is 19.9 Å². The summed E-state index contributed by atoms with van der Waals surface area (Å²) in [6.45, 7) is 5.19. The third kappa shape index (κ3) is 7.03. The second-order valence-corrected chi connectivity index (χ2v) is 7.69. The number of amides is 2. The number of methoxy groups -OCH3 is 1. The molecular weight excluding hydrogens is 394 g/mol. The standard InChI is InChI=1S/C20H27N3O5S/c1-13(2)16(21-12-24)9-14-5-6-15(18(10-14)28-8-4-7-27-3)17-11-29-19(22-17)23-20(25)26/h5-6,10-13,16H,4,7-9H2,1-3H3,(H,21,24)(H,22,23)(H,25,26). The molecule has 2 amide bonds. The van der Waals surface area contributed by atoms with E-state index >= 15 is 0 Å². The minimum Gasteiger partial charge on any atom is -0.493 e. The molecule has 2 rings (SSSR count). The van der Waals surface area contributed by atoms with Crippen molar-refractivity contribution in [2.45, 2.75) is 32.7 Å². The lowest BCUT2D eigenvalue weighted by Gasteiger charge is -2.21. The number of hydrogen-bond acceptors (Lipinski definition) is 6. The number of rotatable bonds is 12. The molecule has 1 aromatic carbocycles. The van der Waals surface area contributed by atoms with Gasteiger partial charge in [0.15, 0.2) is 5.13 Å². The fraction of sp³-hybridized carbons (Fsp3) is 0.450. The Morgan fingerprint density at radius 2 is 2.14 bits per heavy atom. The summed E-state index contributed by atoms with van der Waals surface area (Å²) in [5.41, 5.74) is 2.45. The SMILES string of the molecule is COCCCOc1cc(CC(NC=O)C(C)C)ccc1-c1csc(NC(=O)O)n1. The van der Waals surface area contributed by atoms with Gasteiger partial charge in [-0.25, -0.2) is 9.78 Å². The molecule has 158 valence electrons. The van der Waals surface area contributed by atoms with Crippen LogP contribution in [0.25, 0.3) is 11.3 Å². The average Bonchev–Trinajstić information content (AvgIpc) is 3.12. The zero-order valence-electron chi connectivity index (χ0n) is 16.8. The number of nitrogens with zero attached hydrogens (tertiary/aromatic N) is 1. The fourth-order valence-corrected chi connectivity index (χ4v) is 3.49. The van der Waals surface area contributed by atoms with Gasteiger partial charge in [-0.05, 0) is 30.0 Å². The van der Waals surface area contributed by atoms with Crippen LogP contribution in [-0.4, -0.2) is 49.0 Å². The number of benzene rings is 1. The molecule has 1 unspecified atom stereocenters. The van der Waals surface area contributed by atoms with Gasteiger partial charge < -0.3 is 19.9 Å². The van der Waals surface area contributed by atoms with E-state index in [9.17, 15) is 9.59 Å². The van der Waals surface area contributed by atoms with Gasteiger partial charge in [0.25, 0.3) is 0 Å². The van der Waals surface area contributed by atoms with Crippen molar-refractivity contribution in [2.24, 2.45) is 5.92 Å². The molecule has 9 heteroatoms. The Hall–Kier alpha value is -2.65. The molecule has 0 radical (unpaired) electrons. The number of nitrogens with one attached hydrogen (secondary N) is 2. The average molecular weight is 422 g/mol. The van der Waals surface area contributed by atoms with Gasteiger partial charge in [0.1, 0.15) is 5.75 Å². The molecule has 0 saturated heterocycles. The highest BCUT2D eigenvalue weighted by Crippen LogP contribution is 2.34. The van der Waals surface area contributed by atoms with Crippen LogP contribution >= 0.6 is 11.3 Å². The lowest BCUT2D eigenvalue weighted by atomic mass is 9.95. The van der Waals surface area contributed by atoms with Crippen molar-refractivity contribution in [3.63, 3.8) is 0 Å². The van der Waals surface area contributed by atoms with Crippen LogP contribution in [0.5, 0.6) is 5.75 Å². The zero-order chi connectivity index (χ0) is 21.2. The monoisotopic (exact) mass is 421 g/mol. The van der Waals surface area contributed by atoms with Crippen molar-refractivity contribution in [2.75, 3.05) is 25.6 Å². The highest BCUT2D eigenvalue weighted by Gasteiger charge is 2.16. The van der Waals surface area contributed by atoms with Crippen LogP contribution in [0.1, 0.15) is 25.8 Å². The molecule has 0 fully saturated rings. The van der Waals surface area contributed by atoms with Crippen LogP contribution < -0.4 is 15.4 Å². The lowest BCUT2D eigenvalue weighted by molar-refractivity contribution is -0.110. The summed E-state index contributed by atoms with van der Waals surface area (Å²) in [5.74, 6) is 0.952. The van der Waals surface area contributed by atoms with Gasteiger partial charge >= 0.3 is 6.09 Å². The molecule has 0 saturated carbocycles. The normalized spacial score (nSPS) is 11.9. The summed E-state index contributed by atoms with van der Waals surface area (Å²) in [7, 11) is 1.64. The summed E-state index contributed by atoms with van der Waals surface area (Å²) in [6.07, 6.45) is 0.992. The first-order valence-corrected chi connectivity index (χ1v) is 10.2. The Kier molecular flexibility index (Phi) is 8.88. The van der Waals surface area contributed by atoms with Gasteiger partial charge in [0, 0.05) is 37.1 Å².